The van der Waals surface area contributed by atoms with Gasteiger partial charge in [-0.15, -0.1) is 12.4 Å². The second-order valence-electron chi connectivity index (χ2n) is 7.50. The molecule has 7 N–H and O–H groups in total. The molecule has 3 aromatic carbocycles. The number of nitrogens with one attached hydrogen (secondary N) is 3. The molecule has 0 atom stereocenters. The SMILES string of the molecule is Cl.O=c1ccc(O)c2c(O)c3c(=NCCNCCO)ccc4c3c([nH]n4CCNCCO)c12. The zero-order chi connectivity index (χ0) is 22.7. The molecule has 0 aliphatic rings. The van der Waals surface area contributed by atoms with Crippen LogP contribution in [0.1, 0.15) is 0 Å². The van der Waals surface area contributed by atoms with Gasteiger partial charge < -0.3 is 31.1 Å². The van der Waals surface area contributed by atoms with Crippen molar-refractivity contribution in [1.82, 2.24) is 20.4 Å². The topological polar surface area (TPSA) is 155 Å². The molecule has 0 amide bonds. The number of hydrogen-bond donors (Lipinski definition) is 7. The van der Waals surface area contributed by atoms with Crippen molar-refractivity contribution >= 4 is 45.0 Å². The predicted molar refractivity (Wildman–Crippen MR) is 130 cm³/mol. The quantitative estimate of drug-likeness (QED) is 0.125. The molecular weight excluding hydrogens is 450 g/mol. The van der Waals surface area contributed by atoms with Gasteiger partial charge in [0, 0.05) is 31.6 Å². The summed E-state index contributed by atoms with van der Waals surface area (Å²) >= 11 is 0. The Bertz CT molecular complexity index is 1370. The predicted octanol–water partition coefficient (Wildman–Crippen LogP) is -0.0287. The van der Waals surface area contributed by atoms with Crippen LogP contribution in [-0.4, -0.2) is 76.1 Å². The molecular formula is C22H28ClN5O5. The highest BCUT2D eigenvalue weighted by Crippen LogP contribution is 2.41. The van der Waals surface area contributed by atoms with E-state index in [1.807, 2.05) is 10.7 Å². The lowest BCUT2D eigenvalue weighted by molar-refractivity contribution is 0.291. The van der Waals surface area contributed by atoms with Crippen molar-refractivity contribution < 1.29 is 20.4 Å². The average Bonchev–Trinajstić information content (AvgIpc) is 3.15. The highest BCUT2D eigenvalue weighted by Gasteiger charge is 2.21. The average molecular weight is 478 g/mol. The number of phenols is 2. The van der Waals surface area contributed by atoms with Gasteiger partial charge in [-0.2, -0.15) is 0 Å². The summed E-state index contributed by atoms with van der Waals surface area (Å²) in [6, 6.07) is 6.26. The van der Waals surface area contributed by atoms with Gasteiger partial charge in [0.2, 0.25) is 0 Å². The minimum absolute atomic E-state index is 0. The van der Waals surface area contributed by atoms with Crippen molar-refractivity contribution in [3.8, 4) is 11.5 Å². The zero-order valence-electron chi connectivity index (χ0n) is 18.0. The normalized spacial score (nSPS) is 12.2. The summed E-state index contributed by atoms with van der Waals surface area (Å²) < 4.78 is 1.87. The number of nitrogens with zero attached hydrogens (tertiary/aromatic N) is 2. The molecule has 4 aromatic rings. The maximum atomic E-state index is 12.7. The molecule has 0 aliphatic carbocycles. The summed E-state index contributed by atoms with van der Waals surface area (Å²) in [4.78, 5) is 17.3. The number of fused-ring (bicyclic) bond motifs is 2. The summed E-state index contributed by atoms with van der Waals surface area (Å²) in [6.45, 7) is 3.14. The Labute approximate surface area is 194 Å². The van der Waals surface area contributed by atoms with E-state index in [1.54, 1.807) is 6.07 Å². The minimum atomic E-state index is -0.306. The van der Waals surface area contributed by atoms with E-state index in [2.05, 4.69) is 20.7 Å². The van der Waals surface area contributed by atoms with Crippen LogP contribution in [0.2, 0.25) is 0 Å². The van der Waals surface area contributed by atoms with Crippen LogP contribution in [0.25, 0.3) is 32.6 Å². The van der Waals surface area contributed by atoms with E-state index in [9.17, 15) is 15.0 Å². The first-order valence-electron chi connectivity index (χ1n) is 10.6. The third-order valence-corrected chi connectivity index (χ3v) is 5.48. The third kappa shape index (κ3) is 4.61. The highest BCUT2D eigenvalue weighted by molar-refractivity contribution is 6.23. The number of aromatic amines is 1. The second-order valence-corrected chi connectivity index (χ2v) is 7.50. The Balaban J connectivity index is 0.00000306. The largest absolute Gasteiger partial charge is 0.507 e. The Morgan fingerprint density at radius 1 is 0.879 bits per heavy atom. The van der Waals surface area contributed by atoms with Crippen molar-refractivity contribution in [2.24, 2.45) is 4.99 Å². The van der Waals surface area contributed by atoms with Crippen molar-refractivity contribution in [3.63, 3.8) is 0 Å². The molecule has 0 fully saturated rings. The number of benzene rings is 3. The molecule has 11 heteroatoms. The van der Waals surface area contributed by atoms with E-state index in [0.717, 1.165) is 5.52 Å². The van der Waals surface area contributed by atoms with Gasteiger partial charge in [-0.1, -0.05) is 0 Å². The Kier molecular flexibility index (Phi) is 8.11. The Morgan fingerprint density at radius 2 is 1.61 bits per heavy atom. The van der Waals surface area contributed by atoms with Crippen molar-refractivity contribution in [1.29, 1.82) is 0 Å². The van der Waals surface area contributed by atoms with Crippen LogP contribution in [-0.2, 0) is 6.54 Å². The molecule has 1 heterocycles. The van der Waals surface area contributed by atoms with Gasteiger partial charge >= 0.3 is 0 Å². The molecule has 0 spiro atoms. The number of aromatic nitrogens is 2. The third-order valence-electron chi connectivity index (χ3n) is 5.48. The van der Waals surface area contributed by atoms with E-state index >= 15 is 0 Å². The number of hydrogen-bond acceptors (Lipinski definition) is 8. The lowest BCUT2D eigenvalue weighted by Crippen LogP contribution is -2.23. The molecule has 178 valence electrons. The van der Waals surface area contributed by atoms with Crippen LogP contribution < -0.4 is 21.4 Å². The maximum Gasteiger partial charge on any atom is 0.189 e. The van der Waals surface area contributed by atoms with Gasteiger partial charge in [0.15, 0.2) is 5.43 Å². The Hall–Kier alpha value is -2.89. The van der Waals surface area contributed by atoms with Crippen LogP contribution in [0.5, 0.6) is 11.5 Å². The van der Waals surface area contributed by atoms with Gasteiger partial charge in [0.05, 0.1) is 58.9 Å². The number of aliphatic hydroxyl groups excluding tert-OH is 2. The second kappa shape index (κ2) is 10.8. The molecule has 0 aliphatic heterocycles. The fourth-order valence-electron chi connectivity index (χ4n) is 4.08. The van der Waals surface area contributed by atoms with Crippen LogP contribution in [0.3, 0.4) is 0 Å². The van der Waals surface area contributed by atoms with Crippen LogP contribution in [0.4, 0.5) is 0 Å². The molecule has 4 rings (SSSR count). The summed E-state index contributed by atoms with van der Waals surface area (Å²) in [7, 11) is 0. The Morgan fingerprint density at radius 3 is 2.33 bits per heavy atom. The standard InChI is InChI=1S/C22H27N5O5.ClH/c28-11-8-23-5-6-25-13-1-2-14-18-17(13)22(32)20-16(31)4-3-15(30)19(20)21(18)26-27(14)10-7-24-9-12-29;/h1-4,23-24,26,28-29,31-32H,5-12H2;1H. The van der Waals surface area contributed by atoms with E-state index < -0.39 is 0 Å². The van der Waals surface area contributed by atoms with Crippen LogP contribution in [0, 0.1) is 0 Å². The summed E-state index contributed by atoms with van der Waals surface area (Å²) in [6.07, 6.45) is 0. The van der Waals surface area contributed by atoms with E-state index in [0.29, 0.717) is 60.9 Å². The fourth-order valence-corrected chi connectivity index (χ4v) is 4.08. The molecule has 1 aromatic heterocycles. The molecule has 0 unspecified atom stereocenters. The molecule has 0 saturated heterocycles. The summed E-state index contributed by atoms with van der Waals surface area (Å²) in [5.74, 6) is -0.360. The van der Waals surface area contributed by atoms with E-state index in [1.165, 1.54) is 12.1 Å². The van der Waals surface area contributed by atoms with Crippen molar-refractivity contribution in [3.05, 3.63) is 39.8 Å². The van der Waals surface area contributed by atoms with Gasteiger partial charge in [-0.25, -0.2) is 0 Å². The lowest BCUT2D eigenvalue weighted by atomic mass is 9.99. The van der Waals surface area contributed by atoms with Gasteiger partial charge in [0.1, 0.15) is 11.5 Å². The van der Waals surface area contributed by atoms with Gasteiger partial charge in [-0.05, 0) is 24.3 Å². The monoisotopic (exact) mass is 477 g/mol. The summed E-state index contributed by atoms with van der Waals surface area (Å²) in [5.41, 5.74) is 1.01. The van der Waals surface area contributed by atoms with E-state index in [-0.39, 0.29) is 53.3 Å². The van der Waals surface area contributed by atoms with Crippen LogP contribution >= 0.6 is 12.4 Å². The van der Waals surface area contributed by atoms with Crippen molar-refractivity contribution in [2.75, 3.05) is 45.9 Å². The number of aromatic hydroxyl groups is 2. The number of H-pyrrole nitrogens is 1. The number of halogens is 1. The first-order valence-corrected chi connectivity index (χ1v) is 10.6. The first-order chi connectivity index (χ1) is 15.6. The lowest BCUT2D eigenvalue weighted by Gasteiger charge is -2.09. The molecule has 0 saturated carbocycles. The molecule has 0 bridgehead atoms. The van der Waals surface area contributed by atoms with Gasteiger partial charge in [0.25, 0.3) is 0 Å². The number of rotatable bonds is 10. The first kappa shape index (κ1) is 24.7. The van der Waals surface area contributed by atoms with Crippen LogP contribution in [0.15, 0.2) is 34.1 Å². The number of phenolic OH excluding ortho intramolecular Hbond substituents is 2. The summed E-state index contributed by atoms with van der Waals surface area (Å²) in [5, 5.41) is 50.9. The maximum absolute atomic E-state index is 12.7. The van der Waals surface area contributed by atoms with Crippen molar-refractivity contribution in [2.45, 2.75) is 6.54 Å². The fraction of sp³-hybridized carbons (Fsp3) is 0.364. The van der Waals surface area contributed by atoms with Gasteiger partial charge in [-0.3, -0.25) is 19.6 Å². The smallest absolute Gasteiger partial charge is 0.189 e. The highest BCUT2D eigenvalue weighted by atomic mass is 35.5. The molecule has 33 heavy (non-hydrogen) atoms. The minimum Gasteiger partial charge on any atom is -0.507 e. The zero-order valence-corrected chi connectivity index (χ0v) is 18.8. The number of aliphatic hydroxyl groups is 2. The molecule has 10 nitrogen and oxygen atoms in total. The molecule has 0 radical (unpaired) electrons. The van der Waals surface area contributed by atoms with E-state index in [4.69, 9.17) is 10.2 Å².